The lowest BCUT2D eigenvalue weighted by atomic mass is 10.1. The van der Waals surface area contributed by atoms with Gasteiger partial charge in [-0.15, -0.1) is 0 Å². The van der Waals surface area contributed by atoms with E-state index in [0.717, 1.165) is 24.5 Å². The predicted molar refractivity (Wildman–Crippen MR) is 63.2 cm³/mol. The van der Waals surface area contributed by atoms with Crippen molar-refractivity contribution in [3.05, 3.63) is 17.5 Å². The van der Waals surface area contributed by atoms with Crippen LogP contribution in [0.25, 0.3) is 0 Å². The largest absolute Gasteiger partial charge is 0.374 e. The molecule has 1 aromatic heterocycles. The average molecular weight is 223 g/mol. The highest BCUT2D eigenvalue weighted by Gasteiger charge is 2.12. The molecule has 0 amide bonds. The molecule has 0 saturated carbocycles. The molecule has 1 atom stereocenters. The summed E-state index contributed by atoms with van der Waals surface area (Å²) in [6.45, 7) is 4.62. The minimum absolute atomic E-state index is 0.545. The summed E-state index contributed by atoms with van der Waals surface area (Å²) in [4.78, 5) is 0. The van der Waals surface area contributed by atoms with Crippen LogP contribution in [0.2, 0.25) is 0 Å². The molecule has 0 radical (unpaired) electrons. The number of aryl methyl sites for hydroxylation is 2. The van der Waals surface area contributed by atoms with Crippen molar-refractivity contribution in [1.82, 2.24) is 15.1 Å². The molecule has 0 bridgehead atoms. The maximum absolute atomic E-state index is 5.73. The minimum atomic E-state index is 0.545. The summed E-state index contributed by atoms with van der Waals surface area (Å²) in [6, 6.07) is 2.62. The summed E-state index contributed by atoms with van der Waals surface area (Å²) >= 11 is 0. The third kappa shape index (κ3) is 3.06. The molecule has 4 heteroatoms. The van der Waals surface area contributed by atoms with E-state index in [9.17, 15) is 0 Å². The summed E-state index contributed by atoms with van der Waals surface area (Å²) in [5.74, 6) is 0. The number of piperidine rings is 1. The van der Waals surface area contributed by atoms with E-state index in [1.165, 1.54) is 19.3 Å². The van der Waals surface area contributed by atoms with E-state index < -0.39 is 0 Å². The molecule has 0 spiro atoms. The summed E-state index contributed by atoms with van der Waals surface area (Å²) in [6.07, 6.45) is 3.87. The first kappa shape index (κ1) is 11.6. The molecule has 2 heterocycles. The fourth-order valence-electron chi connectivity index (χ4n) is 2.17. The van der Waals surface area contributed by atoms with E-state index in [1.54, 1.807) is 0 Å². The molecule has 2 rings (SSSR count). The Morgan fingerprint density at radius 1 is 1.56 bits per heavy atom. The number of hydrogen-bond acceptors (Lipinski definition) is 3. The van der Waals surface area contributed by atoms with Crippen molar-refractivity contribution in [2.75, 3.05) is 13.2 Å². The minimum Gasteiger partial charge on any atom is -0.374 e. The fourth-order valence-corrected chi connectivity index (χ4v) is 2.17. The van der Waals surface area contributed by atoms with Crippen LogP contribution in [-0.2, 0) is 18.4 Å². The molecule has 1 saturated heterocycles. The van der Waals surface area contributed by atoms with Crippen molar-refractivity contribution in [1.29, 1.82) is 0 Å². The van der Waals surface area contributed by atoms with Crippen molar-refractivity contribution in [3.63, 3.8) is 0 Å². The first-order valence-electron chi connectivity index (χ1n) is 6.06. The second-order valence-corrected chi connectivity index (χ2v) is 4.56. The predicted octanol–water partition coefficient (Wildman–Crippen LogP) is 1.39. The van der Waals surface area contributed by atoms with Gasteiger partial charge in [0.1, 0.15) is 0 Å². The lowest BCUT2D eigenvalue weighted by Crippen LogP contribution is -2.37. The number of nitrogens with zero attached hydrogens (tertiary/aromatic N) is 2. The molecule has 90 valence electrons. The highest BCUT2D eigenvalue weighted by molar-refractivity contribution is 5.07. The van der Waals surface area contributed by atoms with E-state index in [4.69, 9.17) is 4.74 Å². The van der Waals surface area contributed by atoms with E-state index in [0.29, 0.717) is 12.6 Å². The zero-order valence-electron chi connectivity index (χ0n) is 10.2. The molecular formula is C12H21N3O. The Morgan fingerprint density at radius 3 is 3.06 bits per heavy atom. The van der Waals surface area contributed by atoms with Gasteiger partial charge in [0.2, 0.25) is 0 Å². The van der Waals surface area contributed by atoms with Crippen LogP contribution in [0.1, 0.15) is 30.7 Å². The summed E-state index contributed by atoms with van der Waals surface area (Å²) in [5, 5.41) is 7.78. The molecule has 16 heavy (non-hydrogen) atoms. The van der Waals surface area contributed by atoms with Crippen LogP contribution < -0.4 is 5.32 Å². The van der Waals surface area contributed by atoms with E-state index >= 15 is 0 Å². The highest BCUT2D eigenvalue weighted by Crippen LogP contribution is 2.09. The molecule has 0 aliphatic carbocycles. The lowest BCUT2D eigenvalue weighted by Gasteiger charge is -2.23. The number of rotatable bonds is 4. The van der Waals surface area contributed by atoms with Gasteiger partial charge < -0.3 is 10.1 Å². The SMILES string of the molecule is Cc1cc(COCC2CCCCN2)n(C)n1. The van der Waals surface area contributed by atoms with Crippen LogP contribution in [0.4, 0.5) is 0 Å². The van der Waals surface area contributed by atoms with Crippen LogP contribution in [0.5, 0.6) is 0 Å². The van der Waals surface area contributed by atoms with Crippen molar-refractivity contribution < 1.29 is 4.74 Å². The molecule has 4 nitrogen and oxygen atoms in total. The van der Waals surface area contributed by atoms with E-state index in [2.05, 4.69) is 16.5 Å². The van der Waals surface area contributed by atoms with Crippen LogP contribution in [0.15, 0.2) is 6.07 Å². The van der Waals surface area contributed by atoms with Gasteiger partial charge >= 0.3 is 0 Å². The third-order valence-corrected chi connectivity index (χ3v) is 3.08. The summed E-state index contributed by atoms with van der Waals surface area (Å²) in [5.41, 5.74) is 2.20. The van der Waals surface area contributed by atoms with Crippen LogP contribution in [0, 0.1) is 6.92 Å². The Kier molecular flexibility index (Phi) is 3.96. The van der Waals surface area contributed by atoms with Crippen LogP contribution >= 0.6 is 0 Å². The van der Waals surface area contributed by atoms with Crippen molar-refractivity contribution in [2.45, 2.75) is 38.8 Å². The molecule has 1 N–H and O–H groups in total. The number of nitrogens with one attached hydrogen (secondary N) is 1. The standard InChI is InChI=1S/C12H21N3O/c1-10-7-12(15(2)14-10)9-16-8-11-5-3-4-6-13-11/h7,11,13H,3-6,8-9H2,1-2H3. The molecule has 1 fully saturated rings. The lowest BCUT2D eigenvalue weighted by molar-refractivity contribution is 0.0871. The normalized spacial score (nSPS) is 21.2. The number of ether oxygens (including phenoxy) is 1. The first-order valence-corrected chi connectivity index (χ1v) is 6.06. The van der Waals surface area contributed by atoms with Gasteiger partial charge in [0, 0.05) is 13.1 Å². The molecule has 1 unspecified atom stereocenters. The second kappa shape index (κ2) is 5.46. The smallest absolute Gasteiger partial charge is 0.0885 e. The van der Waals surface area contributed by atoms with Gasteiger partial charge in [0.05, 0.1) is 24.6 Å². The summed E-state index contributed by atoms with van der Waals surface area (Å²) < 4.78 is 7.62. The highest BCUT2D eigenvalue weighted by atomic mass is 16.5. The topological polar surface area (TPSA) is 39.1 Å². The molecular weight excluding hydrogens is 202 g/mol. The molecule has 1 aromatic rings. The first-order chi connectivity index (χ1) is 7.75. The van der Waals surface area contributed by atoms with E-state index in [1.807, 2.05) is 18.7 Å². The quantitative estimate of drug-likeness (QED) is 0.838. The van der Waals surface area contributed by atoms with Gasteiger partial charge in [-0.3, -0.25) is 4.68 Å². The zero-order valence-corrected chi connectivity index (χ0v) is 10.2. The molecule has 1 aliphatic rings. The van der Waals surface area contributed by atoms with Crippen molar-refractivity contribution in [2.24, 2.45) is 7.05 Å². The van der Waals surface area contributed by atoms with Crippen molar-refractivity contribution >= 4 is 0 Å². The maximum Gasteiger partial charge on any atom is 0.0885 e. The maximum atomic E-state index is 5.73. The van der Waals surface area contributed by atoms with Gasteiger partial charge in [-0.25, -0.2) is 0 Å². The Balaban J connectivity index is 1.73. The van der Waals surface area contributed by atoms with Crippen LogP contribution in [-0.4, -0.2) is 29.0 Å². The van der Waals surface area contributed by atoms with Crippen LogP contribution in [0.3, 0.4) is 0 Å². The van der Waals surface area contributed by atoms with Gasteiger partial charge in [0.15, 0.2) is 0 Å². The fraction of sp³-hybridized carbons (Fsp3) is 0.750. The Hall–Kier alpha value is -0.870. The Morgan fingerprint density at radius 2 is 2.44 bits per heavy atom. The Labute approximate surface area is 97.0 Å². The third-order valence-electron chi connectivity index (χ3n) is 3.08. The van der Waals surface area contributed by atoms with Gasteiger partial charge in [-0.1, -0.05) is 6.42 Å². The monoisotopic (exact) mass is 223 g/mol. The van der Waals surface area contributed by atoms with Crippen molar-refractivity contribution in [3.8, 4) is 0 Å². The van der Waals surface area contributed by atoms with Gasteiger partial charge in [-0.05, 0) is 32.4 Å². The second-order valence-electron chi connectivity index (χ2n) is 4.56. The molecule has 0 aromatic carbocycles. The van der Waals surface area contributed by atoms with Gasteiger partial charge in [-0.2, -0.15) is 5.10 Å². The average Bonchev–Trinajstić information content (AvgIpc) is 2.59. The number of aromatic nitrogens is 2. The Bertz CT molecular complexity index is 329. The summed E-state index contributed by atoms with van der Waals surface area (Å²) in [7, 11) is 1.96. The van der Waals surface area contributed by atoms with Gasteiger partial charge in [0.25, 0.3) is 0 Å². The zero-order chi connectivity index (χ0) is 11.4. The molecule has 1 aliphatic heterocycles. The van der Waals surface area contributed by atoms with E-state index in [-0.39, 0.29) is 0 Å². The number of hydrogen-bond donors (Lipinski definition) is 1.